The summed E-state index contributed by atoms with van der Waals surface area (Å²) in [6, 6.07) is 36.8. The average Bonchev–Trinajstić information content (AvgIpc) is 3.50. The fraction of sp³-hybridized carbons (Fsp3) is 0.211. The van der Waals surface area contributed by atoms with Gasteiger partial charge in [-0.05, 0) is 63.3 Å². The van der Waals surface area contributed by atoms with E-state index in [-0.39, 0.29) is 32.0 Å². The van der Waals surface area contributed by atoms with Gasteiger partial charge in [0.1, 0.15) is 5.75 Å². The molecule has 0 aliphatic carbocycles. The van der Waals surface area contributed by atoms with Gasteiger partial charge in [0, 0.05) is 46.5 Å². The van der Waals surface area contributed by atoms with Crippen molar-refractivity contribution in [2.45, 2.75) is 37.6 Å². The van der Waals surface area contributed by atoms with Gasteiger partial charge >= 0.3 is 0 Å². The molecular formula is C38H34BrN5O4. The molecule has 9 nitrogen and oxygen atoms in total. The van der Waals surface area contributed by atoms with Crippen molar-refractivity contribution in [3.63, 3.8) is 0 Å². The molecule has 0 fully saturated rings. The second kappa shape index (κ2) is 15.2. The van der Waals surface area contributed by atoms with E-state index in [1.807, 2.05) is 97.1 Å². The standard InChI is InChI=1S/C38H34BrN5O4/c39-34-16-6-5-15-33(34)35-38(23-28-10-1-2-11-29(28)25-42-44-40,37(46)41-24-30-13-7-12-26-9-3-4-14-32(26)30)43-36(48-35)27-17-19-31(20-18-27)47-22-8-21-45/h1-7,9-20,35,45H,8,21-25H2,(H,41,46)/t35-,38-/m1/s1. The number of hydrogen-bond donors (Lipinski definition) is 2. The summed E-state index contributed by atoms with van der Waals surface area (Å²) in [5.41, 5.74) is 11.7. The first-order chi connectivity index (χ1) is 23.5. The van der Waals surface area contributed by atoms with E-state index in [1.54, 1.807) is 0 Å². The molecule has 0 radical (unpaired) electrons. The molecule has 6 rings (SSSR count). The lowest BCUT2D eigenvalue weighted by atomic mass is 9.80. The summed E-state index contributed by atoms with van der Waals surface area (Å²) in [7, 11) is 0. The number of benzene rings is 5. The topological polar surface area (TPSA) is 129 Å². The molecule has 0 spiro atoms. The molecule has 1 amide bonds. The van der Waals surface area contributed by atoms with Crippen molar-refractivity contribution < 1.29 is 19.4 Å². The number of azide groups is 1. The second-order valence-electron chi connectivity index (χ2n) is 11.5. The van der Waals surface area contributed by atoms with Gasteiger partial charge in [-0.2, -0.15) is 0 Å². The monoisotopic (exact) mass is 703 g/mol. The lowest BCUT2D eigenvalue weighted by Gasteiger charge is -2.32. The van der Waals surface area contributed by atoms with Gasteiger partial charge in [-0.25, -0.2) is 4.99 Å². The lowest BCUT2D eigenvalue weighted by Crippen LogP contribution is -2.50. The second-order valence-corrected chi connectivity index (χ2v) is 12.3. The van der Waals surface area contributed by atoms with Crippen molar-refractivity contribution in [1.29, 1.82) is 0 Å². The minimum absolute atomic E-state index is 0.0514. The highest BCUT2D eigenvalue weighted by Gasteiger charge is 2.54. The average molecular weight is 705 g/mol. The van der Waals surface area contributed by atoms with E-state index in [0.29, 0.717) is 30.2 Å². The Morgan fingerprint density at radius 3 is 2.44 bits per heavy atom. The normalized spacial score (nSPS) is 16.9. The lowest BCUT2D eigenvalue weighted by molar-refractivity contribution is -0.129. The first-order valence-electron chi connectivity index (χ1n) is 15.7. The van der Waals surface area contributed by atoms with Crippen molar-refractivity contribution >= 4 is 38.5 Å². The van der Waals surface area contributed by atoms with Crippen LogP contribution in [0.15, 0.2) is 130 Å². The molecule has 2 N–H and O–H groups in total. The molecule has 1 heterocycles. The van der Waals surface area contributed by atoms with Crippen molar-refractivity contribution in [2.75, 3.05) is 13.2 Å². The summed E-state index contributed by atoms with van der Waals surface area (Å²) < 4.78 is 13.2. The molecule has 0 unspecified atom stereocenters. The molecule has 0 aromatic heterocycles. The number of aliphatic hydroxyl groups is 1. The Morgan fingerprint density at radius 1 is 0.938 bits per heavy atom. The number of fused-ring (bicyclic) bond motifs is 1. The Kier molecular flexibility index (Phi) is 10.4. The Labute approximate surface area is 287 Å². The molecule has 5 aromatic carbocycles. The van der Waals surface area contributed by atoms with Crippen LogP contribution in [0.5, 0.6) is 5.75 Å². The van der Waals surface area contributed by atoms with Gasteiger partial charge in [0.05, 0.1) is 13.2 Å². The number of rotatable bonds is 13. The molecule has 5 aromatic rings. The fourth-order valence-electron chi connectivity index (χ4n) is 6.00. The molecule has 48 heavy (non-hydrogen) atoms. The first kappa shape index (κ1) is 32.8. The molecule has 1 aliphatic heterocycles. The third-order valence-electron chi connectivity index (χ3n) is 8.42. The molecule has 0 saturated heterocycles. The predicted molar refractivity (Wildman–Crippen MR) is 190 cm³/mol. The van der Waals surface area contributed by atoms with Gasteiger partial charge in [-0.1, -0.05) is 106 Å². The molecular weight excluding hydrogens is 670 g/mol. The van der Waals surface area contributed by atoms with E-state index < -0.39 is 11.6 Å². The van der Waals surface area contributed by atoms with Crippen LogP contribution in [-0.2, 0) is 29.0 Å². The van der Waals surface area contributed by atoms with Crippen molar-refractivity contribution in [3.05, 3.63) is 158 Å². The Bertz CT molecular complexity index is 1990. The minimum atomic E-state index is -1.44. The van der Waals surface area contributed by atoms with Crippen LogP contribution in [0.2, 0.25) is 0 Å². The number of nitrogens with zero attached hydrogens (tertiary/aromatic N) is 4. The molecule has 242 valence electrons. The van der Waals surface area contributed by atoms with Gasteiger partial charge in [0.15, 0.2) is 11.6 Å². The molecule has 1 aliphatic rings. The Hall–Kier alpha value is -5.15. The van der Waals surface area contributed by atoms with Crippen molar-refractivity contribution in [1.82, 2.24) is 5.32 Å². The number of nitrogens with one attached hydrogen (secondary N) is 1. The van der Waals surface area contributed by atoms with Crippen molar-refractivity contribution in [3.8, 4) is 5.75 Å². The summed E-state index contributed by atoms with van der Waals surface area (Å²) in [6.45, 7) is 0.868. The van der Waals surface area contributed by atoms with Gasteiger partial charge in [-0.15, -0.1) is 0 Å². The van der Waals surface area contributed by atoms with E-state index in [4.69, 9.17) is 25.1 Å². The summed E-state index contributed by atoms with van der Waals surface area (Å²) >= 11 is 3.71. The van der Waals surface area contributed by atoms with Crippen LogP contribution < -0.4 is 10.1 Å². The molecule has 0 bridgehead atoms. The largest absolute Gasteiger partial charge is 0.494 e. The summed E-state index contributed by atoms with van der Waals surface area (Å²) in [4.78, 5) is 23.0. The Morgan fingerprint density at radius 2 is 1.65 bits per heavy atom. The number of halogens is 1. The first-order valence-corrected chi connectivity index (χ1v) is 16.5. The van der Waals surface area contributed by atoms with Crippen LogP contribution in [0.1, 0.15) is 40.3 Å². The number of amides is 1. The number of carbonyl (C=O) groups is 1. The van der Waals surface area contributed by atoms with Gasteiger partial charge in [-0.3, -0.25) is 4.79 Å². The summed E-state index contributed by atoms with van der Waals surface area (Å²) in [5, 5.41) is 18.3. The maximum atomic E-state index is 14.8. The van der Waals surface area contributed by atoms with Crippen LogP contribution in [0, 0.1) is 0 Å². The van der Waals surface area contributed by atoms with Crippen LogP contribution in [-0.4, -0.2) is 35.7 Å². The maximum absolute atomic E-state index is 14.8. The van der Waals surface area contributed by atoms with E-state index in [9.17, 15) is 4.79 Å². The zero-order valence-corrected chi connectivity index (χ0v) is 27.7. The highest BCUT2D eigenvalue weighted by atomic mass is 79.9. The van der Waals surface area contributed by atoms with E-state index in [0.717, 1.165) is 37.5 Å². The van der Waals surface area contributed by atoms with Crippen LogP contribution in [0.25, 0.3) is 21.2 Å². The SMILES string of the molecule is [N-]=[N+]=NCc1ccccc1C[C@@]1(C(=O)NCc2cccc3ccccc23)N=C(c2ccc(OCCCO)cc2)O[C@@H]1c1ccccc1Br. The highest BCUT2D eigenvalue weighted by Crippen LogP contribution is 2.45. The highest BCUT2D eigenvalue weighted by molar-refractivity contribution is 9.10. The summed E-state index contributed by atoms with van der Waals surface area (Å²) in [6.07, 6.45) is -0.0878. The van der Waals surface area contributed by atoms with E-state index in [1.165, 1.54) is 0 Å². The third-order valence-corrected chi connectivity index (χ3v) is 9.14. The zero-order valence-electron chi connectivity index (χ0n) is 26.1. The van der Waals surface area contributed by atoms with Gasteiger partial charge in [0.25, 0.3) is 5.91 Å². The number of aliphatic hydroxyl groups excluding tert-OH is 1. The fourth-order valence-corrected chi connectivity index (χ4v) is 6.50. The molecule has 2 atom stereocenters. The quantitative estimate of drug-likeness (QED) is 0.0557. The van der Waals surface area contributed by atoms with Crippen LogP contribution in [0.3, 0.4) is 0 Å². The third kappa shape index (κ3) is 7.06. The number of hydrogen-bond acceptors (Lipinski definition) is 6. The van der Waals surface area contributed by atoms with Crippen molar-refractivity contribution in [2.24, 2.45) is 10.1 Å². The van der Waals surface area contributed by atoms with E-state index in [2.05, 4.69) is 49.5 Å². The van der Waals surface area contributed by atoms with Gasteiger partial charge in [0.2, 0.25) is 5.90 Å². The van der Waals surface area contributed by atoms with Crippen LogP contribution in [0.4, 0.5) is 0 Å². The smallest absolute Gasteiger partial charge is 0.252 e. The molecule has 10 heteroatoms. The number of aliphatic imine (C=N–C) groups is 1. The van der Waals surface area contributed by atoms with E-state index >= 15 is 0 Å². The van der Waals surface area contributed by atoms with Crippen LogP contribution >= 0.6 is 15.9 Å². The maximum Gasteiger partial charge on any atom is 0.252 e. The minimum Gasteiger partial charge on any atom is -0.494 e. The number of carbonyl (C=O) groups excluding carboxylic acids is 1. The zero-order chi connectivity index (χ0) is 33.3. The Balaban J connectivity index is 1.45. The predicted octanol–water partition coefficient (Wildman–Crippen LogP) is 7.99. The summed E-state index contributed by atoms with van der Waals surface area (Å²) in [5.74, 6) is 0.679. The molecule has 0 saturated carbocycles. The van der Waals surface area contributed by atoms with Gasteiger partial charge < -0.3 is 19.9 Å². The number of ether oxygens (including phenoxy) is 2.